The third-order valence-corrected chi connectivity index (χ3v) is 4.61. The van der Waals surface area contributed by atoms with Gasteiger partial charge < -0.3 is 5.11 Å². The quantitative estimate of drug-likeness (QED) is 0.879. The highest BCUT2D eigenvalue weighted by Crippen LogP contribution is 2.32. The molecule has 0 saturated heterocycles. The minimum Gasteiger partial charge on any atom is -0.493 e. The van der Waals surface area contributed by atoms with Crippen LogP contribution in [0.4, 0.5) is 0 Å². The Bertz CT molecular complexity index is 877. The summed E-state index contributed by atoms with van der Waals surface area (Å²) in [5.41, 5.74) is 0.448. The number of para-hydroxylation sites is 1. The number of aromatic hydroxyl groups is 1. The van der Waals surface area contributed by atoms with Crippen molar-refractivity contribution in [1.82, 2.24) is 4.57 Å². The van der Waals surface area contributed by atoms with Crippen LogP contribution in [0.25, 0.3) is 5.57 Å². The Balaban J connectivity index is 2.31. The van der Waals surface area contributed by atoms with Gasteiger partial charge in [0.1, 0.15) is 4.88 Å². The van der Waals surface area contributed by atoms with Crippen molar-refractivity contribution in [3.8, 4) is 5.88 Å². The van der Waals surface area contributed by atoms with Crippen molar-refractivity contribution in [3.05, 3.63) is 43.7 Å². The van der Waals surface area contributed by atoms with Crippen molar-refractivity contribution in [1.29, 1.82) is 0 Å². The van der Waals surface area contributed by atoms with E-state index in [9.17, 15) is 9.90 Å². The summed E-state index contributed by atoms with van der Waals surface area (Å²) in [4.78, 5) is 16.6. The number of hydrogen-bond acceptors (Lipinski definition) is 4. The van der Waals surface area contributed by atoms with Gasteiger partial charge in [0.15, 0.2) is 3.95 Å². The van der Waals surface area contributed by atoms with E-state index >= 15 is 0 Å². The molecule has 1 amide bonds. The molecule has 4 nitrogen and oxygen atoms in total. The van der Waals surface area contributed by atoms with Gasteiger partial charge in [-0.1, -0.05) is 25.1 Å². The van der Waals surface area contributed by atoms with E-state index in [2.05, 4.69) is 4.99 Å². The number of rotatable bonds is 3. The van der Waals surface area contributed by atoms with Crippen LogP contribution in [0.3, 0.4) is 0 Å². The Hall–Kier alpha value is -1.79. The van der Waals surface area contributed by atoms with Gasteiger partial charge in [-0.05, 0) is 24.7 Å². The third kappa shape index (κ3) is 1.92. The van der Waals surface area contributed by atoms with E-state index in [4.69, 9.17) is 12.2 Å². The molecule has 0 saturated carbocycles. The first-order chi connectivity index (χ1) is 9.63. The molecule has 0 radical (unpaired) electrons. The Kier molecular flexibility index (Phi) is 3.27. The van der Waals surface area contributed by atoms with E-state index in [0.29, 0.717) is 26.3 Å². The second kappa shape index (κ2) is 4.96. The van der Waals surface area contributed by atoms with E-state index in [-0.39, 0.29) is 11.8 Å². The van der Waals surface area contributed by atoms with Gasteiger partial charge in [0, 0.05) is 11.8 Å². The van der Waals surface area contributed by atoms with Crippen molar-refractivity contribution in [2.45, 2.75) is 19.9 Å². The van der Waals surface area contributed by atoms with Crippen molar-refractivity contribution in [3.63, 3.8) is 0 Å². The highest BCUT2D eigenvalue weighted by molar-refractivity contribution is 7.73. The normalized spacial score (nSPS) is 13.4. The average molecular weight is 304 g/mol. The summed E-state index contributed by atoms with van der Waals surface area (Å²) in [7, 11) is 0. The van der Waals surface area contributed by atoms with Crippen LogP contribution in [0.2, 0.25) is 0 Å². The van der Waals surface area contributed by atoms with Crippen LogP contribution < -0.4 is 10.6 Å². The van der Waals surface area contributed by atoms with Crippen LogP contribution in [-0.2, 0) is 11.3 Å². The van der Waals surface area contributed by atoms with Crippen LogP contribution in [0, 0.1) is 3.95 Å². The molecule has 2 heterocycles. The van der Waals surface area contributed by atoms with Crippen LogP contribution in [-0.4, -0.2) is 15.6 Å². The highest BCUT2D eigenvalue weighted by atomic mass is 32.1. The molecular formula is C14H12N2O2S2. The lowest BCUT2D eigenvalue weighted by Crippen LogP contribution is -2.22. The maximum absolute atomic E-state index is 12.1. The number of amides is 1. The number of nitrogens with zero attached hydrogens (tertiary/aromatic N) is 2. The average Bonchev–Trinajstić information content (AvgIpc) is 2.89. The molecule has 2 aromatic rings. The predicted molar refractivity (Wildman–Crippen MR) is 79.8 cm³/mol. The first kappa shape index (κ1) is 13.2. The SMILES string of the molecule is CCCn1c(O)c(C2=c3ccccc3=NC2=O)sc1=S. The van der Waals surface area contributed by atoms with Crippen molar-refractivity contribution in [2.75, 3.05) is 0 Å². The summed E-state index contributed by atoms with van der Waals surface area (Å²) >= 11 is 6.52. The van der Waals surface area contributed by atoms with Crippen LogP contribution >= 0.6 is 23.6 Å². The molecular weight excluding hydrogens is 292 g/mol. The summed E-state index contributed by atoms with van der Waals surface area (Å²) in [6, 6.07) is 7.32. The molecule has 1 aromatic heterocycles. The van der Waals surface area contributed by atoms with E-state index < -0.39 is 0 Å². The monoisotopic (exact) mass is 304 g/mol. The molecule has 0 bridgehead atoms. The number of carbonyl (C=O) groups excluding carboxylic acids is 1. The zero-order chi connectivity index (χ0) is 14.3. The van der Waals surface area contributed by atoms with E-state index in [0.717, 1.165) is 11.6 Å². The topological polar surface area (TPSA) is 54.6 Å². The van der Waals surface area contributed by atoms with E-state index in [1.54, 1.807) is 10.6 Å². The first-order valence-corrected chi connectivity index (χ1v) is 7.51. The largest absolute Gasteiger partial charge is 0.493 e. The Morgan fingerprint density at radius 2 is 2.15 bits per heavy atom. The molecule has 0 spiro atoms. The molecule has 1 aliphatic heterocycles. The van der Waals surface area contributed by atoms with Crippen molar-refractivity contribution < 1.29 is 9.90 Å². The summed E-state index contributed by atoms with van der Waals surface area (Å²) in [5, 5.41) is 11.7. The molecule has 0 atom stereocenters. The van der Waals surface area contributed by atoms with Crippen molar-refractivity contribution in [2.24, 2.45) is 4.99 Å². The standard InChI is InChI=1S/C14H12N2O2S2/c1-2-7-16-13(18)11(20-14(16)19)10-8-5-3-4-6-9(8)15-12(10)17/h3-6,18H,2,7H2,1H3. The van der Waals surface area contributed by atoms with E-state index in [1.165, 1.54) is 11.3 Å². The van der Waals surface area contributed by atoms with Crippen molar-refractivity contribution >= 4 is 35.0 Å². The van der Waals surface area contributed by atoms with Gasteiger partial charge in [-0.25, -0.2) is 4.99 Å². The van der Waals surface area contributed by atoms with Gasteiger partial charge in [0.25, 0.3) is 5.91 Å². The molecule has 3 rings (SSSR count). The van der Waals surface area contributed by atoms with Gasteiger partial charge in [-0.3, -0.25) is 9.36 Å². The number of thiazole rings is 1. The molecule has 20 heavy (non-hydrogen) atoms. The number of aromatic nitrogens is 1. The van der Waals surface area contributed by atoms with Crippen LogP contribution in [0.5, 0.6) is 5.88 Å². The lowest BCUT2D eigenvalue weighted by Gasteiger charge is -2.02. The molecule has 6 heteroatoms. The summed E-state index contributed by atoms with van der Waals surface area (Å²) < 4.78 is 2.24. The number of hydrogen-bond donors (Lipinski definition) is 1. The molecule has 102 valence electrons. The minimum absolute atomic E-state index is 0.0668. The molecule has 1 aliphatic rings. The number of fused-ring (bicyclic) bond motifs is 1. The van der Waals surface area contributed by atoms with E-state index in [1.807, 2.05) is 25.1 Å². The third-order valence-electron chi connectivity index (χ3n) is 3.15. The van der Waals surface area contributed by atoms with Gasteiger partial charge in [-0.15, -0.1) is 11.3 Å². The number of carbonyl (C=O) groups is 1. The number of benzene rings is 1. The maximum atomic E-state index is 12.1. The fraction of sp³-hybridized carbons (Fsp3) is 0.214. The zero-order valence-electron chi connectivity index (χ0n) is 10.8. The maximum Gasteiger partial charge on any atom is 0.279 e. The lowest BCUT2D eigenvalue weighted by atomic mass is 10.1. The molecule has 0 aliphatic carbocycles. The van der Waals surface area contributed by atoms with Gasteiger partial charge >= 0.3 is 0 Å². The Morgan fingerprint density at radius 3 is 2.90 bits per heavy atom. The molecule has 0 fully saturated rings. The minimum atomic E-state index is -0.318. The molecule has 0 unspecified atom stereocenters. The first-order valence-electron chi connectivity index (χ1n) is 6.29. The zero-order valence-corrected chi connectivity index (χ0v) is 12.4. The van der Waals surface area contributed by atoms with Gasteiger partial charge in [-0.2, -0.15) is 0 Å². The van der Waals surface area contributed by atoms with Crippen LogP contribution in [0.1, 0.15) is 18.2 Å². The highest BCUT2D eigenvalue weighted by Gasteiger charge is 2.24. The Labute approximate surface area is 124 Å². The summed E-state index contributed by atoms with van der Waals surface area (Å²) in [6.45, 7) is 2.65. The van der Waals surface area contributed by atoms with Gasteiger partial charge in [0.2, 0.25) is 5.88 Å². The second-order valence-corrected chi connectivity index (χ2v) is 6.13. The molecule has 1 aromatic carbocycles. The smallest absolute Gasteiger partial charge is 0.279 e. The fourth-order valence-corrected chi connectivity index (χ4v) is 3.65. The predicted octanol–water partition coefficient (Wildman–Crippen LogP) is 1.75. The second-order valence-electron chi connectivity index (χ2n) is 4.48. The molecule has 1 N–H and O–H groups in total. The van der Waals surface area contributed by atoms with Crippen LogP contribution in [0.15, 0.2) is 29.3 Å². The van der Waals surface area contributed by atoms with Gasteiger partial charge in [0.05, 0.1) is 10.9 Å². The fourth-order valence-electron chi connectivity index (χ4n) is 2.26. The summed E-state index contributed by atoms with van der Waals surface area (Å²) in [5.74, 6) is -0.251. The summed E-state index contributed by atoms with van der Waals surface area (Å²) in [6.07, 6.45) is 0.863. The Morgan fingerprint density at radius 1 is 1.40 bits per heavy atom. The lowest BCUT2D eigenvalue weighted by molar-refractivity contribution is -0.112.